The Kier molecular flexibility index (Phi) is 8.83. The molecule has 1 unspecified atom stereocenters. The molecule has 1 aliphatic rings. The fourth-order valence-electron chi connectivity index (χ4n) is 3.75. The Morgan fingerprint density at radius 3 is 2.20 bits per heavy atom. The summed E-state index contributed by atoms with van der Waals surface area (Å²) in [5.41, 5.74) is 6.37. The summed E-state index contributed by atoms with van der Waals surface area (Å²) >= 11 is 0. The van der Waals surface area contributed by atoms with Gasteiger partial charge in [0.2, 0.25) is 10.0 Å². The molecule has 0 radical (unpaired) electrons. The normalized spacial score (nSPS) is 14.9. The summed E-state index contributed by atoms with van der Waals surface area (Å²) < 4.78 is 29.1. The van der Waals surface area contributed by atoms with Crippen molar-refractivity contribution in [1.82, 2.24) is 4.72 Å². The molecular formula is C24H23ClNNdO2S-. The molecule has 1 atom stereocenters. The van der Waals surface area contributed by atoms with Crippen molar-refractivity contribution in [3.05, 3.63) is 95.1 Å². The van der Waals surface area contributed by atoms with E-state index < -0.39 is 10.0 Å². The van der Waals surface area contributed by atoms with Gasteiger partial charge in [-0.1, -0.05) is 79.2 Å². The average molecular weight is 569 g/mol. The van der Waals surface area contributed by atoms with Crippen molar-refractivity contribution >= 4 is 16.1 Å². The van der Waals surface area contributed by atoms with Crippen molar-refractivity contribution in [1.29, 1.82) is 0 Å². The topological polar surface area (TPSA) is 46.2 Å². The van der Waals surface area contributed by atoms with E-state index in [4.69, 9.17) is 0 Å². The molecule has 30 heavy (non-hydrogen) atoms. The second-order valence-corrected chi connectivity index (χ2v) is 8.83. The largest absolute Gasteiger partial charge is 1.00 e. The summed E-state index contributed by atoms with van der Waals surface area (Å²) in [6, 6.07) is 22.9. The second kappa shape index (κ2) is 10.5. The molecule has 3 aromatic carbocycles. The van der Waals surface area contributed by atoms with Gasteiger partial charge < -0.3 is 12.4 Å². The van der Waals surface area contributed by atoms with E-state index in [2.05, 4.69) is 42.0 Å². The SMILES string of the molecule is CCC1=Cc2cccc(-c3ccccc3)c2C1NS(=O)(=O)c1ccc(C)cc1.[Cl-].[Nd]. The van der Waals surface area contributed by atoms with Gasteiger partial charge in [0.25, 0.3) is 0 Å². The van der Waals surface area contributed by atoms with Gasteiger partial charge in [0.05, 0.1) is 10.9 Å². The molecule has 0 bridgehead atoms. The Hall–Kier alpha value is -1.05. The standard InChI is InChI=1S/C24H23NO2S.ClH.Nd/c1-3-18-16-20-10-7-11-22(19-8-5-4-6-9-19)23(20)24(18)25-28(26,27)21-14-12-17(2)13-15-21;;/h4-16,24-25H,3H2,1-2H3;1H;/p-1. The van der Waals surface area contributed by atoms with E-state index in [-0.39, 0.29) is 59.3 Å². The third-order valence-corrected chi connectivity index (χ3v) is 6.68. The van der Waals surface area contributed by atoms with E-state index in [9.17, 15) is 8.42 Å². The van der Waals surface area contributed by atoms with Crippen LogP contribution in [0.5, 0.6) is 0 Å². The molecule has 4 rings (SSSR count). The van der Waals surface area contributed by atoms with E-state index in [1.807, 2.05) is 43.3 Å². The van der Waals surface area contributed by atoms with E-state index >= 15 is 0 Å². The summed E-state index contributed by atoms with van der Waals surface area (Å²) in [6.45, 7) is 4.01. The number of hydrogen-bond acceptors (Lipinski definition) is 2. The summed E-state index contributed by atoms with van der Waals surface area (Å²) in [7, 11) is -3.64. The van der Waals surface area contributed by atoms with Crippen LogP contribution in [0, 0.1) is 47.8 Å². The van der Waals surface area contributed by atoms with Gasteiger partial charge in [0.15, 0.2) is 0 Å². The van der Waals surface area contributed by atoms with Crippen LogP contribution in [0.15, 0.2) is 83.3 Å². The minimum Gasteiger partial charge on any atom is -1.00 e. The van der Waals surface area contributed by atoms with Crippen LogP contribution >= 0.6 is 0 Å². The Morgan fingerprint density at radius 2 is 1.57 bits per heavy atom. The third-order valence-electron chi connectivity index (χ3n) is 5.24. The van der Waals surface area contributed by atoms with E-state index in [1.165, 1.54) is 0 Å². The number of aryl methyl sites for hydroxylation is 1. The molecule has 154 valence electrons. The second-order valence-electron chi connectivity index (χ2n) is 7.11. The number of hydrogen-bond donors (Lipinski definition) is 1. The number of rotatable bonds is 5. The molecule has 6 heteroatoms. The van der Waals surface area contributed by atoms with Crippen molar-refractivity contribution in [3.8, 4) is 11.1 Å². The number of fused-ring (bicyclic) bond motifs is 1. The van der Waals surface area contributed by atoms with Crippen molar-refractivity contribution in [2.45, 2.75) is 31.2 Å². The summed E-state index contributed by atoms with van der Waals surface area (Å²) in [5.74, 6) is 0. The maximum Gasteiger partial charge on any atom is 0.241 e. The number of nitrogens with one attached hydrogen (secondary N) is 1. The molecule has 0 saturated heterocycles. The smallest absolute Gasteiger partial charge is 0.241 e. The van der Waals surface area contributed by atoms with Gasteiger partial charge in [-0.05, 0) is 53.3 Å². The van der Waals surface area contributed by atoms with E-state index in [0.29, 0.717) is 4.90 Å². The van der Waals surface area contributed by atoms with Crippen LogP contribution in [-0.2, 0) is 10.0 Å². The molecule has 0 aliphatic heterocycles. The molecular weight excluding hydrogens is 546 g/mol. The zero-order valence-electron chi connectivity index (χ0n) is 16.9. The minimum absolute atomic E-state index is 0. The number of halogens is 1. The molecule has 0 aromatic heterocycles. The maximum absolute atomic E-state index is 13.1. The Morgan fingerprint density at radius 1 is 0.900 bits per heavy atom. The molecule has 1 aliphatic carbocycles. The first-order valence-corrected chi connectivity index (χ1v) is 11.0. The maximum atomic E-state index is 13.1. The van der Waals surface area contributed by atoms with Gasteiger partial charge in [-0.3, -0.25) is 0 Å². The molecule has 3 aromatic rings. The van der Waals surface area contributed by atoms with Crippen LogP contribution in [0.2, 0.25) is 0 Å². The van der Waals surface area contributed by atoms with Crippen molar-refractivity contribution in [2.75, 3.05) is 0 Å². The molecule has 0 fully saturated rings. The summed E-state index contributed by atoms with van der Waals surface area (Å²) in [4.78, 5) is 0.291. The molecule has 0 saturated carbocycles. The van der Waals surface area contributed by atoms with Gasteiger partial charge in [0.1, 0.15) is 0 Å². The van der Waals surface area contributed by atoms with Crippen LogP contribution in [-0.4, -0.2) is 8.42 Å². The Balaban J connectivity index is 0.00000160. The summed E-state index contributed by atoms with van der Waals surface area (Å²) in [6.07, 6.45) is 2.90. The fourth-order valence-corrected chi connectivity index (χ4v) is 4.96. The van der Waals surface area contributed by atoms with Gasteiger partial charge >= 0.3 is 0 Å². The van der Waals surface area contributed by atoms with Gasteiger partial charge in [-0.25, -0.2) is 8.42 Å². The Labute approximate surface area is 218 Å². The molecule has 0 heterocycles. The zero-order chi connectivity index (χ0) is 19.7. The Bertz CT molecular complexity index is 1140. The predicted octanol–water partition coefficient (Wildman–Crippen LogP) is 2.49. The van der Waals surface area contributed by atoms with Crippen LogP contribution in [0.3, 0.4) is 0 Å². The van der Waals surface area contributed by atoms with Crippen molar-refractivity contribution in [2.24, 2.45) is 0 Å². The minimum atomic E-state index is -3.64. The van der Waals surface area contributed by atoms with Crippen molar-refractivity contribution in [3.63, 3.8) is 0 Å². The summed E-state index contributed by atoms with van der Waals surface area (Å²) in [5, 5.41) is 0. The quantitative estimate of drug-likeness (QED) is 0.514. The molecule has 0 amide bonds. The van der Waals surface area contributed by atoms with E-state index in [0.717, 1.165) is 39.8 Å². The van der Waals surface area contributed by atoms with Crippen LogP contribution in [0.4, 0.5) is 0 Å². The molecule has 1 N–H and O–H groups in total. The first kappa shape index (κ1) is 25.2. The average Bonchev–Trinajstić information content (AvgIpc) is 3.06. The molecule has 0 spiro atoms. The van der Waals surface area contributed by atoms with Crippen LogP contribution < -0.4 is 17.1 Å². The monoisotopic (exact) mass is 566 g/mol. The molecule has 3 nitrogen and oxygen atoms in total. The van der Waals surface area contributed by atoms with Crippen LogP contribution in [0.1, 0.15) is 36.1 Å². The van der Waals surface area contributed by atoms with E-state index in [1.54, 1.807) is 12.1 Å². The van der Waals surface area contributed by atoms with Crippen molar-refractivity contribution < 1.29 is 61.7 Å². The number of benzene rings is 3. The first-order chi connectivity index (χ1) is 13.5. The zero-order valence-corrected chi connectivity index (χ0v) is 21.7. The predicted molar refractivity (Wildman–Crippen MR) is 114 cm³/mol. The fraction of sp³-hybridized carbons (Fsp3) is 0.167. The third kappa shape index (κ3) is 5.05. The van der Waals surface area contributed by atoms with Crippen LogP contribution in [0.25, 0.3) is 17.2 Å². The number of sulfonamides is 1. The van der Waals surface area contributed by atoms with Gasteiger partial charge in [-0.15, -0.1) is 0 Å². The first-order valence-electron chi connectivity index (χ1n) is 9.47. The van der Waals surface area contributed by atoms with Gasteiger partial charge in [0, 0.05) is 40.8 Å². The van der Waals surface area contributed by atoms with Gasteiger partial charge in [-0.2, -0.15) is 4.72 Å².